The molecule has 9 nitrogen and oxygen atoms in total. The molecule has 0 aliphatic carbocycles. The number of esters is 1. The monoisotopic (exact) mass is 497 g/mol. The van der Waals surface area contributed by atoms with E-state index in [1.54, 1.807) is 30.5 Å². The number of benzene rings is 2. The first-order chi connectivity index (χ1) is 17.8. The van der Waals surface area contributed by atoms with Gasteiger partial charge in [-0.05, 0) is 61.4 Å². The third kappa shape index (κ3) is 4.31. The van der Waals surface area contributed by atoms with E-state index in [1.807, 2.05) is 48.7 Å². The largest absolute Gasteiger partial charge is 0.463 e. The van der Waals surface area contributed by atoms with Gasteiger partial charge in [-0.15, -0.1) is 0 Å². The number of furan rings is 1. The Morgan fingerprint density at radius 1 is 1.03 bits per heavy atom. The number of fused-ring (bicyclic) bond motifs is 1. The number of anilines is 1. The summed E-state index contributed by atoms with van der Waals surface area (Å²) in [5.74, 6) is -1.42. The highest BCUT2D eigenvalue weighted by molar-refractivity contribution is 6.39. The normalized spacial score (nSPS) is 14.9. The van der Waals surface area contributed by atoms with Crippen LogP contribution in [0.25, 0.3) is 17.0 Å². The first-order valence-electron chi connectivity index (χ1n) is 11.5. The molecule has 1 aliphatic rings. The number of imide groups is 2. The van der Waals surface area contributed by atoms with Gasteiger partial charge in [0.05, 0.1) is 19.3 Å². The van der Waals surface area contributed by atoms with Crippen molar-refractivity contribution in [2.75, 3.05) is 12.0 Å². The predicted molar refractivity (Wildman–Crippen MR) is 136 cm³/mol. The molecule has 5 rings (SSSR count). The summed E-state index contributed by atoms with van der Waals surface area (Å²) in [6, 6.07) is 15.1. The number of aryl methyl sites for hydroxylation is 2. The van der Waals surface area contributed by atoms with E-state index in [1.165, 1.54) is 13.2 Å². The summed E-state index contributed by atoms with van der Waals surface area (Å²) < 4.78 is 12.2. The van der Waals surface area contributed by atoms with Gasteiger partial charge in [-0.25, -0.2) is 14.5 Å². The summed E-state index contributed by atoms with van der Waals surface area (Å²) in [7, 11) is 1.28. The van der Waals surface area contributed by atoms with Gasteiger partial charge in [0.1, 0.15) is 11.3 Å². The zero-order valence-corrected chi connectivity index (χ0v) is 20.4. The zero-order valence-electron chi connectivity index (χ0n) is 20.4. The van der Waals surface area contributed by atoms with Crippen LogP contribution in [0.3, 0.4) is 0 Å². The fourth-order valence-corrected chi connectivity index (χ4v) is 4.27. The van der Waals surface area contributed by atoms with Crippen LogP contribution in [0.15, 0.2) is 70.8 Å². The van der Waals surface area contributed by atoms with Gasteiger partial charge in [-0.3, -0.25) is 14.9 Å². The lowest BCUT2D eigenvalue weighted by Crippen LogP contribution is -2.54. The van der Waals surface area contributed by atoms with E-state index >= 15 is 0 Å². The molecular formula is C28H23N3O6. The van der Waals surface area contributed by atoms with E-state index < -0.39 is 23.8 Å². The average molecular weight is 498 g/mol. The Morgan fingerprint density at radius 2 is 1.81 bits per heavy atom. The van der Waals surface area contributed by atoms with Crippen LogP contribution in [0, 0.1) is 13.8 Å². The lowest BCUT2D eigenvalue weighted by Gasteiger charge is -2.26. The summed E-state index contributed by atoms with van der Waals surface area (Å²) in [6.45, 7) is 4.12. The standard InChI is InChI=1S/C28H23N3O6/c1-16-8-9-19(12-17(16)2)31-26(33)22(25(32)29-28(31)35)13-18-14-30(23-7-5-4-6-21(18)23)15-20-10-11-24(37-20)27(34)36-3/h4-14H,15H2,1-3H3,(H,29,32,35)/b22-13+. The van der Waals surface area contributed by atoms with Gasteiger partial charge in [0.25, 0.3) is 11.8 Å². The Balaban J connectivity index is 1.53. The lowest BCUT2D eigenvalue weighted by molar-refractivity contribution is -0.122. The molecule has 0 unspecified atom stereocenters. The molecule has 37 heavy (non-hydrogen) atoms. The fourth-order valence-electron chi connectivity index (χ4n) is 4.27. The quantitative estimate of drug-likeness (QED) is 0.249. The molecule has 1 fully saturated rings. The minimum Gasteiger partial charge on any atom is -0.463 e. The summed E-state index contributed by atoms with van der Waals surface area (Å²) >= 11 is 0. The number of amides is 4. The van der Waals surface area contributed by atoms with Gasteiger partial charge in [-0.2, -0.15) is 0 Å². The number of ether oxygens (including phenoxy) is 1. The Morgan fingerprint density at radius 3 is 2.57 bits per heavy atom. The second-order valence-electron chi connectivity index (χ2n) is 8.71. The first-order valence-corrected chi connectivity index (χ1v) is 11.5. The minimum atomic E-state index is -0.794. The van der Waals surface area contributed by atoms with Gasteiger partial charge in [-0.1, -0.05) is 24.3 Å². The zero-order chi connectivity index (χ0) is 26.3. The van der Waals surface area contributed by atoms with E-state index in [2.05, 4.69) is 5.32 Å². The van der Waals surface area contributed by atoms with Crippen molar-refractivity contribution in [2.45, 2.75) is 20.4 Å². The van der Waals surface area contributed by atoms with Crippen molar-refractivity contribution in [3.05, 3.63) is 94.6 Å². The number of aromatic nitrogens is 1. The first kappa shape index (κ1) is 23.8. The van der Waals surface area contributed by atoms with Crippen LogP contribution in [0.5, 0.6) is 0 Å². The number of nitrogens with one attached hydrogen (secondary N) is 1. The molecule has 1 N–H and O–H groups in total. The third-order valence-corrected chi connectivity index (χ3v) is 6.34. The van der Waals surface area contributed by atoms with Crippen LogP contribution in [-0.2, 0) is 20.9 Å². The van der Waals surface area contributed by atoms with Crippen LogP contribution in [0.4, 0.5) is 10.5 Å². The molecule has 1 aliphatic heterocycles. The van der Waals surface area contributed by atoms with Gasteiger partial charge in [0.2, 0.25) is 5.76 Å². The van der Waals surface area contributed by atoms with E-state index in [0.29, 0.717) is 23.6 Å². The van der Waals surface area contributed by atoms with Crippen LogP contribution in [0.2, 0.25) is 0 Å². The van der Waals surface area contributed by atoms with Crippen molar-refractivity contribution < 1.29 is 28.3 Å². The van der Waals surface area contributed by atoms with Gasteiger partial charge in [0.15, 0.2) is 0 Å². The molecule has 2 aromatic heterocycles. The van der Waals surface area contributed by atoms with Crippen LogP contribution >= 0.6 is 0 Å². The fraction of sp³-hybridized carbons (Fsp3) is 0.143. The average Bonchev–Trinajstić information content (AvgIpc) is 3.48. The van der Waals surface area contributed by atoms with Crippen molar-refractivity contribution in [1.29, 1.82) is 0 Å². The number of carbonyl (C=O) groups excluding carboxylic acids is 4. The molecule has 2 aromatic carbocycles. The third-order valence-electron chi connectivity index (χ3n) is 6.34. The van der Waals surface area contributed by atoms with Crippen LogP contribution in [-0.4, -0.2) is 35.5 Å². The topological polar surface area (TPSA) is 111 Å². The van der Waals surface area contributed by atoms with Gasteiger partial charge >= 0.3 is 12.0 Å². The van der Waals surface area contributed by atoms with Gasteiger partial charge < -0.3 is 13.7 Å². The summed E-state index contributed by atoms with van der Waals surface area (Å²) in [4.78, 5) is 51.4. The van der Waals surface area contributed by atoms with Crippen molar-refractivity contribution in [1.82, 2.24) is 9.88 Å². The molecule has 4 amide bonds. The molecule has 9 heteroatoms. The molecule has 0 bridgehead atoms. The van der Waals surface area contributed by atoms with E-state index in [-0.39, 0.29) is 11.3 Å². The highest BCUT2D eigenvalue weighted by Crippen LogP contribution is 2.28. The highest BCUT2D eigenvalue weighted by Gasteiger charge is 2.37. The molecule has 4 aromatic rings. The molecule has 1 saturated heterocycles. The molecule has 0 saturated carbocycles. The lowest BCUT2D eigenvalue weighted by atomic mass is 10.0. The number of para-hydroxylation sites is 1. The molecule has 0 radical (unpaired) electrons. The second-order valence-corrected chi connectivity index (χ2v) is 8.71. The van der Waals surface area contributed by atoms with Crippen molar-refractivity contribution >= 4 is 46.5 Å². The Hall–Kier alpha value is -4.92. The van der Waals surface area contributed by atoms with E-state index in [0.717, 1.165) is 26.9 Å². The van der Waals surface area contributed by atoms with Crippen molar-refractivity contribution in [3.8, 4) is 0 Å². The van der Waals surface area contributed by atoms with Crippen molar-refractivity contribution in [3.63, 3.8) is 0 Å². The highest BCUT2D eigenvalue weighted by atomic mass is 16.5. The van der Waals surface area contributed by atoms with Crippen molar-refractivity contribution in [2.24, 2.45) is 0 Å². The molecule has 0 spiro atoms. The number of rotatable bonds is 5. The van der Waals surface area contributed by atoms with E-state index in [9.17, 15) is 19.2 Å². The molecule has 0 atom stereocenters. The maximum absolute atomic E-state index is 13.4. The number of barbiturate groups is 1. The van der Waals surface area contributed by atoms with Crippen LogP contribution in [0.1, 0.15) is 33.0 Å². The summed E-state index contributed by atoms with van der Waals surface area (Å²) in [5, 5.41) is 3.07. The second kappa shape index (κ2) is 9.27. The van der Waals surface area contributed by atoms with Gasteiger partial charge in [0, 0.05) is 22.7 Å². The molecule has 3 heterocycles. The minimum absolute atomic E-state index is 0.0943. The summed E-state index contributed by atoms with van der Waals surface area (Å²) in [5.41, 5.74) is 3.59. The number of hydrogen-bond donors (Lipinski definition) is 1. The summed E-state index contributed by atoms with van der Waals surface area (Å²) in [6.07, 6.45) is 3.27. The number of nitrogens with zero attached hydrogens (tertiary/aromatic N) is 2. The predicted octanol–water partition coefficient (Wildman–Crippen LogP) is 4.35. The molecular weight excluding hydrogens is 474 g/mol. The maximum Gasteiger partial charge on any atom is 0.373 e. The number of hydrogen-bond acceptors (Lipinski definition) is 6. The number of carbonyl (C=O) groups is 4. The smallest absolute Gasteiger partial charge is 0.373 e. The Bertz CT molecular complexity index is 1620. The SMILES string of the molecule is COC(=O)c1ccc(Cn2cc(/C=C3\C(=O)NC(=O)N(c4ccc(C)c(C)c4)C3=O)c3ccccc32)o1. The Kier molecular flexibility index (Phi) is 5.96. The number of urea groups is 1. The molecule has 186 valence electrons. The van der Waals surface area contributed by atoms with E-state index in [4.69, 9.17) is 9.15 Å². The number of methoxy groups -OCH3 is 1. The maximum atomic E-state index is 13.4. The Labute approximate surface area is 211 Å². The van der Waals surface area contributed by atoms with Crippen LogP contribution < -0.4 is 10.2 Å².